The molecule has 3 aromatic rings. The van der Waals surface area contributed by atoms with Crippen molar-refractivity contribution in [3.8, 4) is 17.2 Å². The summed E-state index contributed by atoms with van der Waals surface area (Å²) in [6.45, 7) is 0. The number of nitrogens with zero attached hydrogens (tertiary/aromatic N) is 2. The van der Waals surface area contributed by atoms with Crippen molar-refractivity contribution in [1.29, 1.82) is 0 Å². The minimum atomic E-state index is -0.929. The van der Waals surface area contributed by atoms with E-state index in [0.717, 1.165) is 0 Å². The van der Waals surface area contributed by atoms with E-state index in [4.69, 9.17) is 25.8 Å². The number of Topliss-reactive ketones (excluding diaryl/α,β-unsaturated/α-hetero) is 1. The molecule has 1 unspecified atom stereocenters. The molecule has 1 aliphatic heterocycles. The van der Waals surface area contributed by atoms with E-state index in [0.29, 0.717) is 17.0 Å². The van der Waals surface area contributed by atoms with E-state index >= 15 is 0 Å². The highest BCUT2D eigenvalue weighted by Crippen LogP contribution is 2.45. The molecule has 4 rings (SSSR count). The number of ether oxygens (including phenoxy) is 3. The summed E-state index contributed by atoms with van der Waals surface area (Å²) >= 11 is 6.20. The Morgan fingerprint density at radius 3 is 2.32 bits per heavy atom. The highest BCUT2D eigenvalue weighted by atomic mass is 35.5. The van der Waals surface area contributed by atoms with Crippen molar-refractivity contribution in [3.05, 3.63) is 82.6 Å². The van der Waals surface area contributed by atoms with E-state index in [9.17, 15) is 14.7 Å². The lowest BCUT2D eigenvalue weighted by molar-refractivity contribution is -0.132. The lowest BCUT2D eigenvalue weighted by Gasteiger charge is -2.25. The molecule has 0 radical (unpaired) electrons. The molecule has 1 fully saturated rings. The molecule has 0 spiro atoms. The van der Waals surface area contributed by atoms with Crippen LogP contribution >= 0.6 is 11.6 Å². The summed E-state index contributed by atoms with van der Waals surface area (Å²) in [5.74, 6) is -1.07. The van der Waals surface area contributed by atoms with Crippen LogP contribution in [0.3, 0.4) is 0 Å². The van der Waals surface area contributed by atoms with Crippen LogP contribution in [0.5, 0.6) is 17.2 Å². The molecule has 2 heterocycles. The summed E-state index contributed by atoms with van der Waals surface area (Å²) in [5.41, 5.74) is 1.06. The van der Waals surface area contributed by atoms with Gasteiger partial charge in [0, 0.05) is 30.2 Å². The van der Waals surface area contributed by atoms with E-state index in [2.05, 4.69) is 4.98 Å². The van der Waals surface area contributed by atoms with Gasteiger partial charge in [-0.25, -0.2) is 0 Å². The van der Waals surface area contributed by atoms with Crippen molar-refractivity contribution in [3.63, 3.8) is 0 Å². The highest BCUT2D eigenvalue weighted by Gasteiger charge is 2.47. The number of carbonyl (C=O) groups is 2. The average Bonchev–Trinajstić information content (AvgIpc) is 3.14. The van der Waals surface area contributed by atoms with Gasteiger partial charge in [0.25, 0.3) is 11.7 Å². The summed E-state index contributed by atoms with van der Waals surface area (Å²) in [5, 5.41) is 11.7. The van der Waals surface area contributed by atoms with Crippen LogP contribution in [-0.2, 0) is 9.59 Å². The Hall–Kier alpha value is -4.04. The molecule has 1 amide bonds. The summed E-state index contributed by atoms with van der Waals surface area (Å²) in [6, 6.07) is 12.1. The first-order valence-corrected chi connectivity index (χ1v) is 10.6. The highest BCUT2D eigenvalue weighted by molar-refractivity contribution is 6.51. The lowest BCUT2D eigenvalue weighted by Crippen LogP contribution is -2.29. The summed E-state index contributed by atoms with van der Waals surface area (Å²) in [4.78, 5) is 31.9. The second kappa shape index (κ2) is 9.44. The summed E-state index contributed by atoms with van der Waals surface area (Å²) < 4.78 is 15.9. The van der Waals surface area contributed by atoms with Crippen molar-refractivity contribution in [2.75, 3.05) is 26.2 Å². The van der Waals surface area contributed by atoms with Gasteiger partial charge in [0.05, 0.1) is 43.5 Å². The standard InChI is InChI=1S/C25H21ClN2O6/c1-32-16-6-4-5-15(11-16)28-22(14-7-9-27-10-8-14)21(24(30)25(28)31)23(29)17-12-20(34-3)18(26)13-19(17)33-2/h4-13,22,29H,1-3H3/b23-21+. The molecular formula is C25H21ClN2O6. The Kier molecular flexibility index (Phi) is 6.43. The van der Waals surface area contributed by atoms with Gasteiger partial charge in [0.2, 0.25) is 0 Å². The third-order valence-corrected chi connectivity index (χ3v) is 5.82. The van der Waals surface area contributed by atoms with Gasteiger partial charge in [-0.3, -0.25) is 19.5 Å². The number of anilines is 1. The van der Waals surface area contributed by atoms with Crippen LogP contribution in [0.25, 0.3) is 5.76 Å². The maximum atomic E-state index is 13.3. The molecular weight excluding hydrogens is 460 g/mol. The number of hydrogen-bond donors (Lipinski definition) is 1. The first-order chi connectivity index (χ1) is 16.4. The predicted molar refractivity (Wildman–Crippen MR) is 127 cm³/mol. The zero-order valence-corrected chi connectivity index (χ0v) is 19.4. The Morgan fingerprint density at radius 1 is 0.971 bits per heavy atom. The van der Waals surface area contributed by atoms with Crippen molar-refractivity contribution >= 4 is 34.7 Å². The second-order valence-electron chi connectivity index (χ2n) is 7.34. The SMILES string of the molecule is COc1cccc(N2C(=O)C(=O)/C(=C(/O)c3cc(OC)c(Cl)cc3OC)C2c2ccncc2)c1. The summed E-state index contributed by atoms with van der Waals surface area (Å²) in [7, 11) is 4.34. The number of amides is 1. The predicted octanol–water partition coefficient (Wildman–Crippen LogP) is 4.39. The van der Waals surface area contributed by atoms with Gasteiger partial charge in [-0.2, -0.15) is 0 Å². The number of aliphatic hydroxyl groups is 1. The van der Waals surface area contributed by atoms with Gasteiger partial charge in [-0.05, 0) is 35.9 Å². The van der Waals surface area contributed by atoms with Crippen LogP contribution in [0, 0.1) is 0 Å². The smallest absolute Gasteiger partial charge is 0.300 e. The van der Waals surface area contributed by atoms with E-state index in [-0.39, 0.29) is 27.7 Å². The molecule has 1 N–H and O–H groups in total. The van der Waals surface area contributed by atoms with Crippen LogP contribution in [0.4, 0.5) is 5.69 Å². The number of rotatable bonds is 6. The molecule has 0 bridgehead atoms. The summed E-state index contributed by atoms with van der Waals surface area (Å²) in [6.07, 6.45) is 3.10. The second-order valence-corrected chi connectivity index (χ2v) is 7.75. The lowest BCUT2D eigenvalue weighted by atomic mass is 9.95. The van der Waals surface area contributed by atoms with Gasteiger partial charge < -0.3 is 19.3 Å². The average molecular weight is 481 g/mol. The van der Waals surface area contributed by atoms with Crippen molar-refractivity contribution in [2.24, 2.45) is 0 Å². The molecule has 0 saturated carbocycles. The first-order valence-electron chi connectivity index (χ1n) is 10.2. The zero-order valence-electron chi connectivity index (χ0n) is 18.6. The molecule has 1 aromatic heterocycles. The van der Waals surface area contributed by atoms with E-state index < -0.39 is 23.5 Å². The largest absolute Gasteiger partial charge is 0.507 e. The maximum Gasteiger partial charge on any atom is 0.300 e. The van der Waals surface area contributed by atoms with E-state index in [1.54, 1.807) is 48.8 Å². The van der Waals surface area contributed by atoms with Crippen molar-refractivity contribution < 1.29 is 28.9 Å². The third-order valence-electron chi connectivity index (χ3n) is 5.53. The fraction of sp³-hybridized carbons (Fsp3) is 0.160. The molecule has 8 nitrogen and oxygen atoms in total. The molecule has 1 aliphatic rings. The number of aliphatic hydroxyl groups excluding tert-OH is 1. The topological polar surface area (TPSA) is 98.2 Å². The van der Waals surface area contributed by atoms with Gasteiger partial charge in [0.1, 0.15) is 23.0 Å². The van der Waals surface area contributed by atoms with Gasteiger partial charge >= 0.3 is 0 Å². The first kappa shape index (κ1) is 23.1. The normalized spacial score (nSPS) is 17.1. The fourth-order valence-corrected chi connectivity index (χ4v) is 4.14. The Labute approximate surface area is 201 Å². The Bertz CT molecular complexity index is 1290. The molecule has 9 heteroatoms. The zero-order chi connectivity index (χ0) is 24.4. The Morgan fingerprint density at radius 2 is 1.68 bits per heavy atom. The van der Waals surface area contributed by atoms with Gasteiger partial charge in [-0.15, -0.1) is 0 Å². The third kappa shape index (κ3) is 3.92. The fourth-order valence-electron chi connectivity index (χ4n) is 3.91. The number of halogens is 1. The van der Waals surface area contributed by atoms with Crippen LogP contribution < -0.4 is 19.1 Å². The number of carbonyl (C=O) groups excluding carboxylic acids is 2. The van der Waals surface area contributed by atoms with Crippen LogP contribution in [-0.4, -0.2) is 43.1 Å². The maximum absolute atomic E-state index is 13.3. The molecule has 0 aliphatic carbocycles. The number of ketones is 1. The minimum absolute atomic E-state index is 0.110. The monoisotopic (exact) mass is 480 g/mol. The van der Waals surface area contributed by atoms with E-state index in [1.807, 2.05) is 0 Å². The molecule has 34 heavy (non-hydrogen) atoms. The number of hydrogen-bond acceptors (Lipinski definition) is 7. The van der Waals surface area contributed by atoms with Gasteiger partial charge in [-0.1, -0.05) is 17.7 Å². The Balaban J connectivity index is 1.98. The van der Waals surface area contributed by atoms with E-state index in [1.165, 1.54) is 38.4 Å². The molecule has 174 valence electrons. The minimum Gasteiger partial charge on any atom is -0.507 e. The van der Waals surface area contributed by atoms with Gasteiger partial charge in [0.15, 0.2) is 0 Å². The number of benzene rings is 2. The number of aromatic nitrogens is 1. The number of pyridine rings is 1. The van der Waals surface area contributed by atoms with Crippen LogP contribution in [0.2, 0.25) is 5.02 Å². The van der Waals surface area contributed by atoms with Crippen LogP contribution in [0.1, 0.15) is 17.2 Å². The number of methoxy groups -OCH3 is 3. The van der Waals surface area contributed by atoms with Crippen LogP contribution in [0.15, 0.2) is 66.5 Å². The van der Waals surface area contributed by atoms with Crippen molar-refractivity contribution in [1.82, 2.24) is 4.98 Å². The molecule has 1 saturated heterocycles. The molecule has 2 aromatic carbocycles. The van der Waals surface area contributed by atoms with Crippen molar-refractivity contribution in [2.45, 2.75) is 6.04 Å². The quantitative estimate of drug-likeness (QED) is 0.317. The molecule has 1 atom stereocenters.